The van der Waals surface area contributed by atoms with E-state index in [1.165, 1.54) is 19.4 Å². The Labute approximate surface area is 172 Å². The highest BCUT2D eigenvalue weighted by molar-refractivity contribution is 5.94. The van der Waals surface area contributed by atoms with Gasteiger partial charge in [-0.25, -0.2) is 9.78 Å². The summed E-state index contributed by atoms with van der Waals surface area (Å²) in [5.74, 6) is 0.364. The van der Waals surface area contributed by atoms with Crippen LogP contribution in [0.2, 0.25) is 0 Å². The molecule has 9 heteroatoms. The maximum absolute atomic E-state index is 11.7. The molecule has 1 aromatic carbocycles. The fraction of sp³-hybridized carbons (Fsp3) is 0.238. The summed E-state index contributed by atoms with van der Waals surface area (Å²) in [5, 5.41) is 12.6. The maximum Gasteiger partial charge on any atom is 0.339 e. The molecule has 0 saturated carbocycles. The van der Waals surface area contributed by atoms with Crippen LogP contribution in [0.15, 0.2) is 42.7 Å². The smallest absolute Gasteiger partial charge is 0.339 e. The van der Waals surface area contributed by atoms with Crippen LogP contribution in [0, 0.1) is 10.1 Å². The number of ether oxygens (including phenoxy) is 2. The molecule has 1 N–H and O–H groups in total. The Morgan fingerprint density at radius 3 is 2.80 bits per heavy atom. The normalized spacial score (nSPS) is 13.8. The lowest BCUT2D eigenvalue weighted by Crippen LogP contribution is -2.29. The van der Waals surface area contributed by atoms with Gasteiger partial charge in [-0.2, -0.15) is 0 Å². The minimum atomic E-state index is -0.659. The Balaban J connectivity index is 1.63. The molecule has 0 amide bonds. The monoisotopic (exact) mass is 408 g/mol. The van der Waals surface area contributed by atoms with E-state index in [0.29, 0.717) is 19.5 Å². The van der Waals surface area contributed by atoms with Gasteiger partial charge >= 0.3 is 11.7 Å². The third kappa shape index (κ3) is 3.45. The number of benzene rings is 1. The number of rotatable bonds is 5. The zero-order valence-corrected chi connectivity index (χ0v) is 16.5. The second-order valence-electron chi connectivity index (χ2n) is 6.85. The van der Waals surface area contributed by atoms with Gasteiger partial charge in [-0.15, -0.1) is 0 Å². The molecule has 3 heterocycles. The zero-order valence-electron chi connectivity index (χ0n) is 16.5. The lowest BCUT2D eigenvalue weighted by molar-refractivity contribution is -0.384. The molecule has 154 valence electrons. The van der Waals surface area contributed by atoms with Crippen molar-refractivity contribution in [3.8, 4) is 5.75 Å². The van der Waals surface area contributed by atoms with Gasteiger partial charge in [0.1, 0.15) is 5.75 Å². The first kappa shape index (κ1) is 19.4. The van der Waals surface area contributed by atoms with Crippen molar-refractivity contribution < 1.29 is 19.2 Å². The lowest BCUT2D eigenvalue weighted by atomic mass is 9.98. The fourth-order valence-corrected chi connectivity index (χ4v) is 3.65. The predicted octanol–water partition coefficient (Wildman–Crippen LogP) is 3.56. The van der Waals surface area contributed by atoms with Gasteiger partial charge in [0, 0.05) is 48.0 Å². The average Bonchev–Trinajstić information content (AvgIpc) is 3.21. The summed E-state index contributed by atoms with van der Waals surface area (Å²) in [5.41, 5.74) is 3.09. The number of pyridine rings is 1. The van der Waals surface area contributed by atoms with Crippen LogP contribution in [-0.4, -0.2) is 48.2 Å². The summed E-state index contributed by atoms with van der Waals surface area (Å²) in [7, 11) is 2.86. The highest BCUT2D eigenvalue weighted by atomic mass is 16.6. The van der Waals surface area contributed by atoms with Gasteiger partial charge in [-0.1, -0.05) is 6.08 Å². The van der Waals surface area contributed by atoms with Gasteiger partial charge in [0.15, 0.2) is 0 Å². The number of aromatic amines is 1. The minimum absolute atomic E-state index is 0.0499. The number of H-pyrrole nitrogens is 1. The fourth-order valence-electron chi connectivity index (χ4n) is 3.65. The van der Waals surface area contributed by atoms with Crippen LogP contribution >= 0.6 is 0 Å². The summed E-state index contributed by atoms with van der Waals surface area (Å²) in [4.78, 5) is 32.0. The van der Waals surface area contributed by atoms with E-state index in [4.69, 9.17) is 4.74 Å². The van der Waals surface area contributed by atoms with Crippen molar-refractivity contribution >= 4 is 34.0 Å². The van der Waals surface area contributed by atoms with Gasteiger partial charge < -0.3 is 19.4 Å². The first-order chi connectivity index (χ1) is 14.5. The van der Waals surface area contributed by atoms with Crippen molar-refractivity contribution in [3.63, 3.8) is 0 Å². The third-order valence-electron chi connectivity index (χ3n) is 5.21. The first-order valence-electron chi connectivity index (χ1n) is 9.34. The van der Waals surface area contributed by atoms with Crippen LogP contribution < -0.4 is 9.64 Å². The average molecular weight is 408 g/mol. The van der Waals surface area contributed by atoms with E-state index in [1.54, 1.807) is 7.11 Å². The van der Waals surface area contributed by atoms with Gasteiger partial charge in [0.25, 0.3) is 0 Å². The Morgan fingerprint density at radius 2 is 2.13 bits per heavy atom. The number of nitro groups is 1. The summed E-state index contributed by atoms with van der Waals surface area (Å²) in [6.45, 7) is 1.03. The second-order valence-corrected chi connectivity index (χ2v) is 6.85. The summed E-state index contributed by atoms with van der Waals surface area (Å²) in [6, 6.07) is 7.08. The molecule has 0 unspecified atom stereocenters. The molecule has 9 nitrogen and oxygen atoms in total. The molecule has 0 spiro atoms. The van der Waals surface area contributed by atoms with E-state index >= 15 is 0 Å². The Bertz CT molecular complexity index is 1170. The Hall–Kier alpha value is -3.88. The molecule has 0 atom stereocenters. The molecule has 0 fully saturated rings. The molecule has 0 bridgehead atoms. The van der Waals surface area contributed by atoms with Gasteiger partial charge in [-0.3, -0.25) is 10.1 Å². The van der Waals surface area contributed by atoms with Crippen LogP contribution in [0.3, 0.4) is 0 Å². The molecular weight excluding hydrogens is 388 g/mol. The molecular formula is C21H20N4O5. The number of methoxy groups -OCH3 is 2. The molecule has 1 aliphatic heterocycles. The number of esters is 1. The van der Waals surface area contributed by atoms with Crippen LogP contribution in [0.25, 0.3) is 16.5 Å². The van der Waals surface area contributed by atoms with Crippen molar-refractivity contribution in [3.05, 3.63) is 64.0 Å². The van der Waals surface area contributed by atoms with Crippen molar-refractivity contribution in [2.45, 2.75) is 6.42 Å². The molecule has 0 radical (unpaired) electrons. The van der Waals surface area contributed by atoms with Crippen molar-refractivity contribution in [1.82, 2.24) is 9.97 Å². The standard InChI is InChI=1S/C21H20N4O5/c1-29-15-3-4-18-16(10-15)17(12-22-18)13-5-7-24(8-6-13)20-19(25(27)28)9-14(11-23-20)21(26)30-2/h3-5,9-12,22H,6-8H2,1-2H3. The Morgan fingerprint density at radius 1 is 1.30 bits per heavy atom. The summed E-state index contributed by atoms with van der Waals surface area (Å²) < 4.78 is 9.96. The van der Waals surface area contributed by atoms with E-state index in [-0.39, 0.29) is 17.1 Å². The first-order valence-corrected chi connectivity index (χ1v) is 9.34. The van der Waals surface area contributed by atoms with Crippen LogP contribution in [0.5, 0.6) is 5.75 Å². The van der Waals surface area contributed by atoms with Gasteiger partial charge in [0.2, 0.25) is 5.82 Å². The molecule has 4 rings (SSSR count). The number of carbonyl (C=O) groups is 1. The number of carbonyl (C=O) groups excluding carboxylic acids is 1. The number of nitrogens with one attached hydrogen (secondary N) is 1. The maximum atomic E-state index is 11.7. The van der Waals surface area contributed by atoms with E-state index in [9.17, 15) is 14.9 Å². The molecule has 3 aromatic rings. The van der Waals surface area contributed by atoms with Crippen LogP contribution in [0.1, 0.15) is 22.3 Å². The predicted molar refractivity (Wildman–Crippen MR) is 112 cm³/mol. The van der Waals surface area contributed by atoms with Crippen molar-refractivity contribution in [2.24, 2.45) is 0 Å². The zero-order chi connectivity index (χ0) is 21.3. The molecule has 0 aliphatic carbocycles. The van der Waals surface area contributed by atoms with Crippen LogP contribution in [-0.2, 0) is 4.74 Å². The second kappa shape index (κ2) is 7.86. The molecule has 30 heavy (non-hydrogen) atoms. The number of aromatic nitrogens is 2. The van der Waals surface area contributed by atoms with E-state index in [0.717, 1.165) is 27.8 Å². The lowest BCUT2D eigenvalue weighted by Gasteiger charge is -2.27. The number of nitrogens with zero attached hydrogens (tertiary/aromatic N) is 3. The Kier molecular flexibility index (Phi) is 5.09. The number of hydrogen-bond acceptors (Lipinski definition) is 7. The summed E-state index contributed by atoms with van der Waals surface area (Å²) >= 11 is 0. The molecule has 2 aromatic heterocycles. The third-order valence-corrected chi connectivity index (χ3v) is 5.21. The van der Waals surface area contributed by atoms with Gasteiger partial charge in [-0.05, 0) is 30.2 Å². The quantitative estimate of drug-likeness (QED) is 0.390. The minimum Gasteiger partial charge on any atom is -0.497 e. The number of anilines is 1. The molecule has 0 saturated heterocycles. The number of fused-ring (bicyclic) bond motifs is 1. The van der Waals surface area contributed by atoms with E-state index in [2.05, 4.69) is 14.7 Å². The van der Waals surface area contributed by atoms with Crippen LogP contribution in [0.4, 0.5) is 11.5 Å². The number of hydrogen-bond donors (Lipinski definition) is 1. The van der Waals surface area contributed by atoms with Gasteiger partial charge in [0.05, 0.1) is 24.7 Å². The van der Waals surface area contributed by atoms with Crippen molar-refractivity contribution in [1.29, 1.82) is 0 Å². The highest BCUT2D eigenvalue weighted by Crippen LogP contribution is 2.34. The largest absolute Gasteiger partial charge is 0.497 e. The summed E-state index contributed by atoms with van der Waals surface area (Å²) in [6.07, 6.45) is 6.02. The highest BCUT2D eigenvalue weighted by Gasteiger charge is 2.26. The SMILES string of the molecule is COC(=O)c1cnc(N2CC=C(c3c[nH]c4ccc(OC)cc34)CC2)c([N+](=O)[O-])c1. The topological polar surface area (TPSA) is 111 Å². The van der Waals surface area contributed by atoms with E-state index in [1.807, 2.05) is 35.4 Å². The van der Waals surface area contributed by atoms with Crippen molar-refractivity contribution in [2.75, 3.05) is 32.2 Å². The molecule has 1 aliphatic rings. The van der Waals surface area contributed by atoms with E-state index < -0.39 is 10.9 Å².